The lowest BCUT2D eigenvalue weighted by atomic mass is 9.44. The van der Waals surface area contributed by atoms with Crippen LogP contribution < -0.4 is 5.73 Å². The van der Waals surface area contributed by atoms with E-state index in [1.807, 2.05) is 49.4 Å². The van der Waals surface area contributed by atoms with Crippen molar-refractivity contribution in [1.82, 2.24) is 0 Å². The number of hydrogen-bond donors (Lipinski definition) is 3. The fourth-order valence-corrected chi connectivity index (χ4v) is 10.5. The Bertz CT molecular complexity index is 1510. The number of benzene rings is 1. The third-order valence-corrected chi connectivity index (χ3v) is 12.7. The molecule has 1 saturated heterocycles. The van der Waals surface area contributed by atoms with E-state index in [9.17, 15) is 15.0 Å². The van der Waals surface area contributed by atoms with Gasteiger partial charge in [0.15, 0.2) is 23.3 Å². The number of aliphatic hydroxyl groups is 2. The van der Waals surface area contributed by atoms with Crippen molar-refractivity contribution in [2.24, 2.45) is 22.7 Å². The molecule has 4 N–H and O–H groups in total. The van der Waals surface area contributed by atoms with E-state index in [2.05, 4.69) is 0 Å². The average molecular weight is 612 g/mol. The van der Waals surface area contributed by atoms with E-state index in [1.54, 1.807) is 30.4 Å². The summed E-state index contributed by atoms with van der Waals surface area (Å²) in [5.41, 5.74) is 2.12. The maximum absolute atomic E-state index is 17.5. The van der Waals surface area contributed by atoms with Crippen LogP contribution in [0.2, 0.25) is 0 Å². The number of nitrogens with two attached hydrogens (primary N) is 1. The van der Waals surface area contributed by atoms with Crippen molar-refractivity contribution in [2.75, 3.05) is 12.3 Å². The van der Waals surface area contributed by atoms with Gasteiger partial charge in [0.05, 0.1) is 17.1 Å². The number of fused-ring (bicyclic) bond motifs is 7. The second-order valence-corrected chi connectivity index (χ2v) is 14.7. The number of alkyl halides is 2. The standard InChI is InChI=1S/C34H39F2NO5S/c1-31-13-4-3-8-22(31)25(35)15-24-23-16-29-34(28(40)18-38,32(23,2)17-27(39)33(24,31)36)42-30(41-29)26-12-11-21(43-26)10-9-19-6-5-7-20(37)14-19/h4-8,11-14,23-25,27,29-30,38-39H,3,9-10,15-18,37H2,1-2H3/t23-,24-,25-,27-,29+,30+,31-,32-,33-,34+/m0/s1. The minimum atomic E-state index is -2.11. The van der Waals surface area contributed by atoms with Crippen LogP contribution in [0.25, 0.3) is 0 Å². The third kappa shape index (κ3) is 3.91. The Kier molecular flexibility index (Phi) is 6.84. The lowest BCUT2D eigenvalue weighted by Gasteiger charge is -2.63. The number of carbonyl (C=O) groups excluding carboxylic acids is 1. The van der Waals surface area contributed by atoms with Gasteiger partial charge in [-0.15, -0.1) is 11.3 Å². The minimum Gasteiger partial charge on any atom is -0.399 e. The Morgan fingerprint density at radius 3 is 2.74 bits per heavy atom. The molecule has 10 atom stereocenters. The van der Waals surface area contributed by atoms with Crippen molar-refractivity contribution >= 4 is 22.8 Å². The van der Waals surface area contributed by atoms with Crippen molar-refractivity contribution in [1.29, 1.82) is 0 Å². The number of nitrogen functional groups attached to an aromatic ring is 1. The van der Waals surface area contributed by atoms with Crippen molar-refractivity contribution in [3.63, 3.8) is 0 Å². The summed E-state index contributed by atoms with van der Waals surface area (Å²) in [5, 5.41) is 21.9. The van der Waals surface area contributed by atoms with Gasteiger partial charge in [0.25, 0.3) is 0 Å². The number of carbonyl (C=O) groups is 1. The Labute approximate surface area is 254 Å². The quantitative estimate of drug-likeness (QED) is 0.291. The van der Waals surface area contributed by atoms with Crippen LogP contribution in [0.4, 0.5) is 14.5 Å². The van der Waals surface area contributed by atoms with Crippen molar-refractivity contribution in [2.45, 2.75) is 88.3 Å². The topological polar surface area (TPSA) is 102 Å². The first kappa shape index (κ1) is 29.3. The predicted molar refractivity (Wildman–Crippen MR) is 160 cm³/mol. The van der Waals surface area contributed by atoms with Gasteiger partial charge < -0.3 is 25.4 Å². The SMILES string of the molecule is C[C@]12C=CCC=C1[C@@H](F)C[C@H]1[C@@H]3C[C@H]4O[C@@H](c5ccc(CCc6cccc(N)c6)s5)O[C@@]4(C(=O)CO)[C@@]3(C)C[C@H](O)[C@@]12F. The van der Waals surface area contributed by atoms with Crippen LogP contribution in [0.3, 0.4) is 0 Å². The van der Waals surface area contributed by atoms with E-state index >= 15 is 8.78 Å². The van der Waals surface area contributed by atoms with Crippen LogP contribution >= 0.6 is 11.3 Å². The highest BCUT2D eigenvalue weighted by molar-refractivity contribution is 7.12. The van der Waals surface area contributed by atoms with Crippen molar-refractivity contribution in [3.8, 4) is 0 Å². The fraction of sp³-hybridized carbons (Fsp3) is 0.559. The molecule has 43 heavy (non-hydrogen) atoms. The summed E-state index contributed by atoms with van der Waals surface area (Å²) in [6.45, 7) is 2.75. The van der Waals surface area contributed by atoms with E-state index in [-0.39, 0.29) is 19.3 Å². The molecule has 230 valence electrons. The molecule has 0 radical (unpaired) electrons. The van der Waals surface area contributed by atoms with Crippen LogP contribution in [0.1, 0.15) is 61.1 Å². The number of hydrogen-bond acceptors (Lipinski definition) is 7. The highest BCUT2D eigenvalue weighted by atomic mass is 32.1. The monoisotopic (exact) mass is 611 g/mol. The molecule has 4 fully saturated rings. The van der Waals surface area contributed by atoms with Crippen LogP contribution in [0.5, 0.6) is 0 Å². The molecule has 4 aliphatic carbocycles. The second kappa shape index (κ2) is 10.0. The van der Waals surface area contributed by atoms with Gasteiger partial charge >= 0.3 is 0 Å². The predicted octanol–water partition coefficient (Wildman–Crippen LogP) is 5.58. The maximum Gasteiger partial charge on any atom is 0.194 e. The molecule has 3 saturated carbocycles. The zero-order valence-corrected chi connectivity index (χ0v) is 25.3. The summed E-state index contributed by atoms with van der Waals surface area (Å²) in [4.78, 5) is 15.6. The Hall–Kier alpha value is -2.43. The molecule has 1 aromatic carbocycles. The second-order valence-electron chi connectivity index (χ2n) is 13.5. The molecular formula is C34H39F2NO5S. The molecule has 7 rings (SSSR count). The number of Topliss-reactive ketones (excluding diaryl/α,β-unsaturated/α-hetero) is 1. The summed E-state index contributed by atoms with van der Waals surface area (Å²) in [7, 11) is 0. The van der Waals surface area contributed by atoms with Gasteiger partial charge in [-0.3, -0.25) is 4.79 Å². The fourth-order valence-electron chi connectivity index (χ4n) is 9.51. The molecule has 2 aromatic rings. The Balaban J connectivity index is 1.19. The molecule has 0 amide bonds. The number of aryl methyl sites for hydroxylation is 2. The van der Waals surface area contributed by atoms with E-state index in [0.717, 1.165) is 33.8 Å². The summed E-state index contributed by atoms with van der Waals surface area (Å²) >= 11 is 1.54. The number of ether oxygens (including phenoxy) is 2. The summed E-state index contributed by atoms with van der Waals surface area (Å²) in [6, 6.07) is 11.8. The zero-order chi connectivity index (χ0) is 30.4. The molecular weight excluding hydrogens is 572 g/mol. The Morgan fingerprint density at radius 1 is 1.16 bits per heavy atom. The first-order valence-electron chi connectivity index (χ1n) is 15.3. The zero-order valence-electron chi connectivity index (χ0n) is 24.5. The first-order valence-corrected chi connectivity index (χ1v) is 16.1. The summed E-state index contributed by atoms with van der Waals surface area (Å²) in [6.07, 6.45) is 3.18. The Morgan fingerprint density at radius 2 is 1.98 bits per heavy atom. The molecule has 9 heteroatoms. The normalized spacial score (nSPS) is 43.0. The van der Waals surface area contributed by atoms with Crippen LogP contribution in [0.15, 0.2) is 60.2 Å². The average Bonchev–Trinajstić information content (AvgIpc) is 3.66. The first-order chi connectivity index (χ1) is 20.5. The molecule has 0 bridgehead atoms. The number of anilines is 1. The van der Waals surface area contributed by atoms with Crippen molar-refractivity contribution in [3.05, 3.63) is 75.5 Å². The van der Waals surface area contributed by atoms with Crippen LogP contribution in [0, 0.1) is 22.7 Å². The van der Waals surface area contributed by atoms with Crippen LogP contribution in [-0.4, -0.2) is 52.3 Å². The third-order valence-electron chi connectivity index (χ3n) is 11.5. The summed E-state index contributed by atoms with van der Waals surface area (Å²) < 4.78 is 46.4. The number of aliphatic hydroxyl groups excluding tert-OH is 2. The van der Waals surface area contributed by atoms with E-state index < -0.39 is 71.0 Å². The maximum atomic E-state index is 17.5. The molecule has 5 aliphatic rings. The van der Waals surface area contributed by atoms with Crippen LogP contribution in [-0.2, 0) is 27.1 Å². The number of halogens is 2. The number of rotatable bonds is 6. The number of thiophene rings is 1. The summed E-state index contributed by atoms with van der Waals surface area (Å²) in [5.74, 6) is -1.90. The molecule has 2 heterocycles. The lowest BCUT2D eigenvalue weighted by molar-refractivity contribution is -0.235. The van der Waals surface area contributed by atoms with E-state index in [4.69, 9.17) is 15.2 Å². The lowest BCUT2D eigenvalue weighted by Crippen LogP contribution is -2.70. The number of allylic oxidation sites excluding steroid dienone is 4. The smallest absolute Gasteiger partial charge is 0.194 e. The van der Waals surface area contributed by atoms with Gasteiger partial charge in [-0.05, 0) is 86.8 Å². The molecule has 1 aromatic heterocycles. The number of ketones is 1. The minimum absolute atomic E-state index is 0.0630. The van der Waals surface area contributed by atoms with Gasteiger partial charge in [0.1, 0.15) is 12.8 Å². The van der Waals surface area contributed by atoms with Gasteiger partial charge in [-0.1, -0.05) is 37.3 Å². The van der Waals surface area contributed by atoms with E-state index in [1.165, 1.54) is 0 Å². The van der Waals surface area contributed by atoms with Gasteiger partial charge in [0.2, 0.25) is 0 Å². The molecule has 0 spiro atoms. The molecule has 6 nitrogen and oxygen atoms in total. The van der Waals surface area contributed by atoms with Gasteiger partial charge in [-0.25, -0.2) is 8.78 Å². The molecule has 1 aliphatic heterocycles. The highest BCUT2D eigenvalue weighted by Crippen LogP contribution is 2.72. The highest BCUT2D eigenvalue weighted by Gasteiger charge is 2.80. The largest absolute Gasteiger partial charge is 0.399 e. The molecule has 0 unspecified atom stereocenters. The van der Waals surface area contributed by atoms with Crippen molar-refractivity contribution < 1.29 is 33.3 Å². The van der Waals surface area contributed by atoms with Gasteiger partial charge in [-0.2, -0.15) is 0 Å². The van der Waals surface area contributed by atoms with E-state index in [0.29, 0.717) is 12.0 Å². The van der Waals surface area contributed by atoms with Gasteiger partial charge in [0, 0.05) is 27.3 Å².